The van der Waals surface area contributed by atoms with Crippen LogP contribution in [0.1, 0.15) is 51.9 Å². The molecule has 1 aromatic heterocycles. The van der Waals surface area contributed by atoms with E-state index in [0.29, 0.717) is 30.2 Å². The minimum Gasteiger partial charge on any atom is -0.462 e. The molecule has 0 saturated carbocycles. The number of H-pyrrole nitrogens is 1. The van der Waals surface area contributed by atoms with Crippen LogP contribution in [0, 0.1) is 19.8 Å². The van der Waals surface area contributed by atoms with E-state index in [1.54, 1.807) is 20.8 Å². The number of carbonyl (C=O) groups is 4. The van der Waals surface area contributed by atoms with Crippen LogP contribution < -0.4 is 0 Å². The van der Waals surface area contributed by atoms with Crippen molar-refractivity contribution >= 4 is 23.5 Å². The Morgan fingerprint density at radius 1 is 1.12 bits per heavy atom. The zero-order chi connectivity index (χ0) is 24.1. The second-order valence-electron chi connectivity index (χ2n) is 7.36. The Kier molecular flexibility index (Phi) is 8.23. The van der Waals surface area contributed by atoms with Gasteiger partial charge >= 0.3 is 18.1 Å². The van der Waals surface area contributed by atoms with Crippen molar-refractivity contribution in [3.8, 4) is 0 Å². The zero-order valence-corrected chi connectivity index (χ0v) is 18.0. The molecule has 1 aliphatic rings. The molecule has 0 atom stereocenters. The molecule has 1 aromatic rings. The molecule has 11 heteroatoms. The van der Waals surface area contributed by atoms with Gasteiger partial charge in [0.25, 0.3) is 5.78 Å². The van der Waals surface area contributed by atoms with Crippen molar-refractivity contribution < 1.29 is 41.8 Å². The number of esters is 2. The second kappa shape index (κ2) is 10.5. The Labute approximate surface area is 182 Å². The van der Waals surface area contributed by atoms with E-state index in [4.69, 9.17) is 9.47 Å². The summed E-state index contributed by atoms with van der Waals surface area (Å²) in [5.41, 5.74) is 1.31. The number of nitrogens with one attached hydrogen (secondary N) is 1. The van der Waals surface area contributed by atoms with E-state index in [1.807, 2.05) is 0 Å². The number of rotatable bonds is 8. The standard InChI is InChI=1S/C21H25F3N2O6/c1-4-31-20(30)17-12(2)18(25-13(17)3)15(27)11-32-19(29)14-5-8-26(9-6-14)10-7-16(28)21(22,23)24/h7,10,14,25H,4-6,8-9,11H2,1-3H3/b10-7+. The number of hydrogen-bond donors (Lipinski definition) is 1. The molecule has 1 N–H and O–H groups in total. The fourth-order valence-corrected chi connectivity index (χ4v) is 3.42. The van der Waals surface area contributed by atoms with Crippen LogP contribution in [-0.2, 0) is 19.1 Å². The first-order valence-electron chi connectivity index (χ1n) is 10.0. The maximum atomic E-state index is 12.5. The molecule has 2 heterocycles. The number of likely N-dealkylation sites (tertiary alicyclic amines) is 1. The van der Waals surface area contributed by atoms with E-state index in [9.17, 15) is 32.3 Å². The molecule has 0 bridgehead atoms. The Balaban J connectivity index is 1.87. The molecule has 32 heavy (non-hydrogen) atoms. The summed E-state index contributed by atoms with van der Waals surface area (Å²) in [6.07, 6.45) is -2.77. The lowest BCUT2D eigenvalue weighted by Crippen LogP contribution is -2.34. The molecule has 1 fully saturated rings. The predicted octanol–water partition coefficient (Wildman–Crippen LogP) is 2.89. The van der Waals surface area contributed by atoms with Crippen LogP contribution in [0.15, 0.2) is 12.3 Å². The van der Waals surface area contributed by atoms with Crippen molar-refractivity contribution in [3.63, 3.8) is 0 Å². The van der Waals surface area contributed by atoms with Gasteiger partial charge in [0.05, 0.1) is 23.8 Å². The summed E-state index contributed by atoms with van der Waals surface area (Å²) < 4.78 is 46.8. The minimum atomic E-state index is -4.92. The smallest absolute Gasteiger partial charge is 0.454 e. The summed E-state index contributed by atoms with van der Waals surface area (Å²) in [4.78, 5) is 52.0. The highest BCUT2D eigenvalue weighted by atomic mass is 19.4. The predicted molar refractivity (Wildman–Crippen MR) is 106 cm³/mol. The summed E-state index contributed by atoms with van der Waals surface area (Å²) in [5, 5.41) is 0. The SMILES string of the molecule is CCOC(=O)c1c(C)[nH]c(C(=O)COC(=O)C2CCN(/C=C/C(=O)C(F)(F)F)CC2)c1C. The van der Waals surface area contributed by atoms with Crippen molar-refractivity contribution in [2.24, 2.45) is 5.92 Å². The maximum Gasteiger partial charge on any atom is 0.454 e. The monoisotopic (exact) mass is 458 g/mol. The summed E-state index contributed by atoms with van der Waals surface area (Å²) in [6.45, 7) is 5.12. The average molecular weight is 458 g/mol. The number of aryl methyl sites for hydroxylation is 1. The largest absolute Gasteiger partial charge is 0.462 e. The van der Waals surface area contributed by atoms with E-state index in [2.05, 4.69) is 4.98 Å². The van der Waals surface area contributed by atoms with Crippen LogP contribution in [0.4, 0.5) is 13.2 Å². The normalized spacial score (nSPS) is 15.1. The van der Waals surface area contributed by atoms with Gasteiger partial charge in [-0.15, -0.1) is 0 Å². The molecule has 0 unspecified atom stereocenters. The lowest BCUT2D eigenvalue weighted by molar-refractivity contribution is -0.165. The molecule has 2 rings (SSSR count). The summed E-state index contributed by atoms with van der Waals surface area (Å²) >= 11 is 0. The van der Waals surface area contributed by atoms with Crippen molar-refractivity contribution in [2.75, 3.05) is 26.3 Å². The molecule has 1 saturated heterocycles. The Bertz CT molecular complexity index is 911. The van der Waals surface area contributed by atoms with E-state index in [0.717, 1.165) is 6.20 Å². The van der Waals surface area contributed by atoms with Crippen LogP contribution in [-0.4, -0.2) is 65.9 Å². The third kappa shape index (κ3) is 6.21. The molecule has 0 aromatic carbocycles. The van der Waals surface area contributed by atoms with Crippen LogP contribution in [0.2, 0.25) is 0 Å². The van der Waals surface area contributed by atoms with Crippen molar-refractivity contribution in [1.82, 2.24) is 9.88 Å². The van der Waals surface area contributed by atoms with E-state index < -0.39 is 42.2 Å². The number of Topliss-reactive ketones (excluding diaryl/α,β-unsaturated/α-hetero) is 1. The lowest BCUT2D eigenvalue weighted by atomic mass is 9.97. The van der Waals surface area contributed by atoms with Crippen molar-refractivity contribution in [1.29, 1.82) is 0 Å². The highest BCUT2D eigenvalue weighted by molar-refractivity contribution is 6.02. The summed E-state index contributed by atoms with van der Waals surface area (Å²) in [5.74, 6) is -4.08. The molecule has 0 radical (unpaired) electrons. The Morgan fingerprint density at radius 2 is 1.75 bits per heavy atom. The van der Waals surface area contributed by atoms with Gasteiger partial charge in [0.2, 0.25) is 5.78 Å². The topological polar surface area (TPSA) is 106 Å². The average Bonchev–Trinajstić information content (AvgIpc) is 3.03. The van der Waals surface area contributed by atoms with Gasteiger partial charge in [0.15, 0.2) is 6.61 Å². The number of ketones is 2. The molecule has 176 valence electrons. The van der Waals surface area contributed by atoms with Gasteiger partial charge < -0.3 is 19.4 Å². The second-order valence-corrected chi connectivity index (χ2v) is 7.36. The molecular weight excluding hydrogens is 433 g/mol. The van der Waals surface area contributed by atoms with Crippen LogP contribution in [0.5, 0.6) is 0 Å². The summed E-state index contributed by atoms with van der Waals surface area (Å²) in [7, 11) is 0. The molecule has 0 spiro atoms. The maximum absolute atomic E-state index is 12.5. The van der Waals surface area contributed by atoms with Crippen LogP contribution >= 0.6 is 0 Å². The van der Waals surface area contributed by atoms with Crippen LogP contribution in [0.25, 0.3) is 0 Å². The number of allylic oxidation sites excluding steroid dienone is 1. The van der Waals surface area contributed by atoms with Gasteiger partial charge in [-0.05, 0) is 39.2 Å². The number of ether oxygens (including phenoxy) is 2. The molecule has 0 aliphatic carbocycles. The lowest BCUT2D eigenvalue weighted by Gasteiger charge is -2.29. The Morgan fingerprint density at radius 3 is 2.31 bits per heavy atom. The zero-order valence-electron chi connectivity index (χ0n) is 18.0. The third-order valence-corrected chi connectivity index (χ3v) is 5.12. The fourth-order valence-electron chi connectivity index (χ4n) is 3.42. The number of aromatic amines is 1. The Hall–Kier alpha value is -3.11. The number of nitrogens with zero attached hydrogens (tertiary/aromatic N) is 1. The first-order valence-corrected chi connectivity index (χ1v) is 10.0. The van der Waals surface area contributed by atoms with Gasteiger partial charge in [0.1, 0.15) is 0 Å². The number of halogens is 3. The fraction of sp³-hybridized carbons (Fsp3) is 0.524. The van der Waals surface area contributed by atoms with E-state index in [1.165, 1.54) is 4.90 Å². The molecular formula is C21H25F3N2O6. The van der Waals surface area contributed by atoms with Crippen molar-refractivity contribution in [3.05, 3.63) is 34.8 Å². The number of alkyl halides is 3. The van der Waals surface area contributed by atoms with Gasteiger partial charge in [-0.2, -0.15) is 13.2 Å². The van der Waals surface area contributed by atoms with Gasteiger partial charge in [-0.25, -0.2) is 4.79 Å². The van der Waals surface area contributed by atoms with Gasteiger partial charge in [0, 0.05) is 31.1 Å². The van der Waals surface area contributed by atoms with Crippen molar-refractivity contribution in [2.45, 2.75) is 39.8 Å². The van der Waals surface area contributed by atoms with Gasteiger partial charge in [-0.1, -0.05) is 0 Å². The quantitative estimate of drug-likeness (QED) is 0.363. The molecule has 8 nitrogen and oxygen atoms in total. The highest BCUT2D eigenvalue weighted by Crippen LogP contribution is 2.22. The number of carbonyl (C=O) groups excluding carboxylic acids is 4. The van der Waals surface area contributed by atoms with Crippen LogP contribution in [0.3, 0.4) is 0 Å². The molecule has 1 aliphatic heterocycles. The minimum absolute atomic E-state index is 0.160. The summed E-state index contributed by atoms with van der Waals surface area (Å²) in [6, 6.07) is 0. The highest BCUT2D eigenvalue weighted by Gasteiger charge is 2.36. The third-order valence-electron chi connectivity index (χ3n) is 5.12. The van der Waals surface area contributed by atoms with E-state index in [-0.39, 0.29) is 31.0 Å². The molecule has 0 amide bonds. The number of piperidine rings is 1. The number of aromatic nitrogens is 1. The first kappa shape index (κ1) is 25.2. The first-order chi connectivity index (χ1) is 15.0. The van der Waals surface area contributed by atoms with Gasteiger partial charge in [-0.3, -0.25) is 14.4 Å². The number of hydrogen-bond acceptors (Lipinski definition) is 7. The van der Waals surface area contributed by atoms with E-state index >= 15 is 0 Å².